The second-order valence-corrected chi connectivity index (χ2v) is 11.3. The number of hydrogen-bond donors (Lipinski definition) is 10. The maximum absolute atomic E-state index is 11.8. The molecule has 0 aromatic heterocycles. The Morgan fingerprint density at radius 1 is 0.905 bits per heavy atom. The van der Waals surface area contributed by atoms with Crippen molar-refractivity contribution in [2.45, 2.75) is 98.2 Å². The van der Waals surface area contributed by atoms with Crippen molar-refractivity contribution in [3.8, 4) is 0 Å². The number of carbonyl (C=O) groups excluding carboxylic acids is 1. The Balaban J connectivity index is 1.75. The first kappa shape index (κ1) is 35.4. The predicted octanol–water partition coefficient (Wildman–Crippen LogP) is -5.09. The number of ether oxygens (including phenoxy) is 5. The lowest BCUT2D eigenvalue weighted by Crippen LogP contribution is -2.70. The summed E-state index contributed by atoms with van der Waals surface area (Å²) in [6.07, 6.45) is -6.52. The molecular weight excluding hydrogens is 556 g/mol. The summed E-state index contributed by atoms with van der Waals surface area (Å²) in [6.45, 7) is -0.186. The molecule has 1 saturated carbocycles. The molecule has 3 fully saturated rings. The third-order valence-corrected chi connectivity index (χ3v) is 8.48. The van der Waals surface area contributed by atoms with Gasteiger partial charge in [0.15, 0.2) is 12.6 Å². The van der Waals surface area contributed by atoms with E-state index in [1.165, 1.54) is 0 Å². The molecule has 0 radical (unpaired) electrons. The SMILES string of the molecule is CNCC1OC(OC2C(NC)CC(NC)C(OC3OCC(O)(COC(=O)CCN)C(NC)C3O)C2O)C(NC)CC1O. The molecule has 2 saturated heterocycles. The standard InChI is InChI=1S/C26H52N6O10/c1-28-10-17-16(33)9-15(31-4)24(40-17)41-21-13(29-2)8-14(30-3)22(19(21)35)42-25-20(36)23(32-5)26(37,12-39-25)11-38-18(34)6-7-27/h13-17,19-25,28-33,35-37H,6-12,27H2,1-5H3. The molecule has 2 aliphatic heterocycles. The maximum atomic E-state index is 11.8. The van der Waals surface area contributed by atoms with Crippen LogP contribution >= 0.6 is 0 Å². The van der Waals surface area contributed by atoms with Crippen LogP contribution in [0.4, 0.5) is 0 Å². The van der Waals surface area contributed by atoms with E-state index in [0.29, 0.717) is 19.4 Å². The van der Waals surface area contributed by atoms with Gasteiger partial charge in [0.05, 0.1) is 37.3 Å². The van der Waals surface area contributed by atoms with Crippen LogP contribution in [0.15, 0.2) is 0 Å². The van der Waals surface area contributed by atoms with Crippen LogP contribution in [0.5, 0.6) is 0 Å². The van der Waals surface area contributed by atoms with Crippen molar-refractivity contribution in [3.63, 3.8) is 0 Å². The first-order valence-electron chi connectivity index (χ1n) is 14.6. The van der Waals surface area contributed by atoms with Gasteiger partial charge in [-0.3, -0.25) is 4.79 Å². The highest BCUT2D eigenvalue weighted by Crippen LogP contribution is 2.33. The van der Waals surface area contributed by atoms with Gasteiger partial charge in [-0.2, -0.15) is 0 Å². The van der Waals surface area contributed by atoms with E-state index in [1.54, 1.807) is 35.2 Å². The van der Waals surface area contributed by atoms with Gasteiger partial charge in [-0.25, -0.2) is 0 Å². The Morgan fingerprint density at radius 2 is 1.52 bits per heavy atom. The van der Waals surface area contributed by atoms with Gasteiger partial charge in [0.2, 0.25) is 0 Å². The monoisotopic (exact) mass is 608 g/mol. The third-order valence-electron chi connectivity index (χ3n) is 8.48. The Labute approximate surface area is 247 Å². The van der Waals surface area contributed by atoms with E-state index >= 15 is 0 Å². The first-order valence-corrected chi connectivity index (χ1v) is 14.6. The molecule has 16 heteroatoms. The number of carbonyl (C=O) groups is 1. The number of likely N-dealkylation sites (N-methyl/N-ethyl adjacent to an activating group) is 5. The molecule has 0 aromatic rings. The number of esters is 1. The van der Waals surface area contributed by atoms with Crippen LogP contribution in [0, 0.1) is 0 Å². The molecule has 3 aliphatic rings. The number of aliphatic hydroxyl groups excluding tert-OH is 3. The Kier molecular flexibility index (Phi) is 13.7. The summed E-state index contributed by atoms with van der Waals surface area (Å²) < 4.78 is 29.6. The summed E-state index contributed by atoms with van der Waals surface area (Å²) >= 11 is 0. The lowest BCUT2D eigenvalue weighted by atomic mass is 9.83. The summed E-state index contributed by atoms with van der Waals surface area (Å²) in [6, 6.07) is -1.94. The van der Waals surface area contributed by atoms with Gasteiger partial charge in [-0.1, -0.05) is 0 Å². The topological polar surface area (TPSA) is 230 Å². The lowest BCUT2D eigenvalue weighted by molar-refractivity contribution is -0.316. The van der Waals surface area contributed by atoms with Gasteiger partial charge in [0, 0.05) is 25.2 Å². The summed E-state index contributed by atoms with van der Waals surface area (Å²) in [5.41, 5.74) is 3.65. The number of aliphatic hydroxyl groups is 4. The highest BCUT2D eigenvalue weighted by molar-refractivity contribution is 5.69. The summed E-state index contributed by atoms with van der Waals surface area (Å²) in [5.74, 6) is -0.574. The fourth-order valence-corrected chi connectivity index (χ4v) is 6.05. The van der Waals surface area contributed by atoms with Gasteiger partial charge in [-0.05, 0) is 48.1 Å². The van der Waals surface area contributed by atoms with Gasteiger partial charge in [-0.15, -0.1) is 0 Å². The molecule has 0 amide bonds. The summed E-state index contributed by atoms with van der Waals surface area (Å²) in [5, 5.41) is 59.9. The van der Waals surface area contributed by atoms with Gasteiger partial charge < -0.3 is 76.4 Å². The molecule has 0 bridgehead atoms. The largest absolute Gasteiger partial charge is 0.462 e. The highest BCUT2D eigenvalue weighted by atomic mass is 16.7. The Morgan fingerprint density at radius 3 is 2.07 bits per heavy atom. The molecule has 16 nitrogen and oxygen atoms in total. The minimum absolute atomic E-state index is 0.00500. The van der Waals surface area contributed by atoms with Crippen LogP contribution < -0.4 is 32.3 Å². The van der Waals surface area contributed by atoms with E-state index < -0.39 is 73.4 Å². The van der Waals surface area contributed by atoms with Gasteiger partial charge in [0.25, 0.3) is 0 Å². The number of nitrogens with two attached hydrogens (primary N) is 1. The summed E-state index contributed by atoms with van der Waals surface area (Å²) in [4.78, 5) is 11.8. The molecular formula is C26H52N6O10. The van der Waals surface area contributed by atoms with E-state index in [4.69, 9.17) is 29.4 Å². The average Bonchev–Trinajstić information content (AvgIpc) is 2.97. The minimum Gasteiger partial charge on any atom is -0.462 e. The van der Waals surface area contributed by atoms with Crippen LogP contribution in [0.25, 0.3) is 0 Å². The number of hydrogen-bond acceptors (Lipinski definition) is 16. The molecule has 0 aromatic carbocycles. The second kappa shape index (κ2) is 16.3. The highest BCUT2D eigenvalue weighted by Gasteiger charge is 2.53. The molecule has 11 N–H and O–H groups in total. The molecule has 13 unspecified atom stereocenters. The van der Waals surface area contributed by atoms with Crippen molar-refractivity contribution in [1.29, 1.82) is 0 Å². The van der Waals surface area contributed by atoms with Crippen molar-refractivity contribution < 1.29 is 48.9 Å². The van der Waals surface area contributed by atoms with Gasteiger partial charge in [0.1, 0.15) is 36.6 Å². The zero-order valence-corrected chi connectivity index (χ0v) is 25.2. The van der Waals surface area contributed by atoms with Crippen molar-refractivity contribution in [3.05, 3.63) is 0 Å². The fraction of sp³-hybridized carbons (Fsp3) is 0.962. The number of nitrogens with one attached hydrogen (secondary N) is 5. The molecule has 1 aliphatic carbocycles. The van der Waals surface area contributed by atoms with Crippen molar-refractivity contribution in [2.75, 3.05) is 61.5 Å². The minimum atomic E-state index is -1.73. The smallest absolute Gasteiger partial charge is 0.307 e. The van der Waals surface area contributed by atoms with Crippen LogP contribution in [0.2, 0.25) is 0 Å². The molecule has 0 spiro atoms. The Hall–Kier alpha value is -1.09. The molecule has 2 heterocycles. The van der Waals surface area contributed by atoms with Crippen molar-refractivity contribution in [2.24, 2.45) is 5.73 Å². The first-order chi connectivity index (χ1) is 20.1. The quantitative estimate of drug-likeness (QED) is 0.0832. The molecule has 42 heavy (non-hydrogen) atoms. The van der Waals surface area contributed by atoms with Crippen molar-refractivity contribution in [1.82, 2.24) is 26.6 Å². The third kappa shape index (κ3) is 8.13. The fourth-order valence-electron chi connectivity index (χ4n) is 6.05. The van der Waals surface area contributed by atoms with Crippen LogP contribution in [-0.4, -0.2) is 167 Å². The van der Waals surface area contributed by atoms with E-state index in [9.17, 15) is 25.2 Å². The van der Waals surface area contributed by atoms with Gasteiger partial charge >= 0.3 is 5.97 Å². The van der Waals surface area contributed by atoms with Crippen LogP contribution in [0.3, 0.4) is 0 Å². The number of rotatable bonds is 14. The van der Waals surface area contributed by atoms with Crippen molar-refractivity contribution >= 4 is 5.97 Å². The Bertz CT molecular complexity index is 834. The van der Waals surface area contributed by atoms with E-state index in [1.807, 2.05) is 0 Å². The molecule has 3 rings (SSSR count). The van der Waals surface area contributed by atoms with E-state index in [2.05, 4.69) is 26.6 Å². The zero-order chi connectivity index (χ0) is 31.0. The predicted molar refractivity (Wildman–Crippen MR) is 150 cm³/mol. The normalized spacial score (nSPS) is 42.8. The lowest BCUT2D eigenvalue weighted by Gasteiger charge is -2.50. The zero-order valence-electron chi connectivity index (χ0n) is 25.2. The van der Waals surface area contributed by atoms with E-state index in [-0.39, 0.29) is 37.7 Å². The average molecular weight is 609 g/mol. The van der Waals surface area contributed by atoms with E-state index in [0.717, 1.165) is 0 Å². The van der Waals surface area contributed by atoms with Crippen LogP contribution in [-0.2, 0) is 28.5 Å². The second-order valence-electron chi connectivity index (χ2n) is 11.3. The summed E-state index contributed by atoms with van der Waals surface area (Å²) in [7, 11) is 8.60. The maximum Gasteiger partial charge on any atom is 0.307 e. The van der Waals surface area contributed by atoms with Crippen LogP contribution in [0.1, 0.15) is 19.3 Å². The molecule has 246 valence electrons. The molecule has 13 atom stereocenters.